The molecular weight excluding hydrogens is 576 g/mol. The second kappa shape index (κ2) is 10.6. The molecule has 0 unspecified atom stereocenters. The summed E-state index contributed by atoms with van der Waals surface area (Å²) in [6, 6.07) is 0. The Balaban J connectivity index is 1.39. The molecule has 5 aliphatic carbocycles. The van der Waals surface area contributed by atoms with Gasteiger partial charge in [-0.3, -0.25) is 9.59 Å². The molecular formula is C36H56O9. The molecule has 254 valence electrons. The fourth-order valence-corrected chi connectivity index (χ4v) is 11.8. The summed E-state index contributed by atoms with van der Waals surface area (Å²) in [5.74, 6) is -0.553. The topological polar surface area (TPSA) is 154 Å². The lowest BCUT2D eigenvalue weighted by molar-refractivity contribution is -0.297. The molecule has 9 heteroatoms. The van der Waals surface area contributed by atoms with E-state index >= 15 is 0 Å². The highest BCUT2D eigenvalue weighted by molar-refractivity contribution is 5.96. The number of rotatable bonds is 3. The average molecular weight is 633 g/mol. The minimum absolute atomic E-state index is 0.0648. The van der Waals surface area contributed by atoms with Gasteiger partial charge in [0.2, 0.25) is 6.29 Å². The molecule has 0 aromatic heterocycles. The number of hydrogen-bond acceptors (Lipinski definition) is 9. The quantitative estimate of drug-likeness (QED) is 0.293. The molecule has 6 rings (SSSR count). The van der Waals surface area contributed by atoms with Gasteiger partial charge in [0, 0.05) is 5.92 Å². The first kappa shape index (κ1) is 33.5. The van der Waals surface area contributed by atoms with Crippen LogP contribution in [-0.4, -0.2) is 80.7 Å². The highest BCUT2D eigenvalue weighted by atomic mass is 16.7. The maximum atomic E-state index is 14.6. The number of hydrogen-bond donors (Lipinski definition) is 5. The number of esters is 1. The summed E-state index contributed by atoms with van der Waals surface area (Å²) in [5.41, 5.74) is -1.08. The van der Waals surface area contributed by atoms with E-state index in [0.717, 1.165) is 31.3 Å². The van der Waals surface area contributed by atoms with Gasteiger partial charge in [0.25, 0.3) is 0 Å². The molecule has 0 radical (unpaired) electrons. The van der Waals surface area contributed by atoms with Crippen LogP contribution in [-0.2, 0) is 19.1 Å². The van der Waals surface area contributed by atoms with Crippen LogP contribution >= 0.6 is 0 Å². The minimum atomic E-state index is -1.67. The van der Waals surface area contributed by atoms with Gasteiger partial charge < -0.3 is 35.0 Å². The maximum absolute atomic E-state index is 14.6. The lowest BCUT2D eigenvalue weighted by Crippen LogP contribution is -2.67. The predicted molar refractivity (Wildman–Crippen MR) is 165 cm³/mol. The fraction of sp³-hybridized carbons (Fsp3) is 0.889. The molecule has 9 nitrogen and oxygen atoms in total. The summed E-state index contributed by atoms with van der Waals surface area (Å²) in [5, 5.41) is 52.0. The Morgan fingerprint density at radius 3 is 2.22 bits per heavy atom. The summed E-state index contributed by atoms with van der Waals surface area (Å²) in [6.45, 7) is 15.1. The van der Waals surface area contributed by atoms with Crippen LogP contribution in [0.25, 0.3) is 0 Å². The number of carbonyl (C=O) groups is 2. The summed E-state index contributed by atoms with van der Waals surface area (Å²) in [4.78, 5) is 29.0. The predicted octanol–water partition coefficient (Wildman–Crippen LogP) is 3.67. The molecule has 0 aromatic rings. The summed E-state index contributed by atoms with van der Waals surface area (Å²) in [6.07, 6.45) is 0.662. The van der Waals surface area contributed by atoms with Crippen LogP contribution in [0.15, 0.2) is 11.6 Å². The SMILES string of the molecule is CC1(C)CC[C@]2(C(=O)O[C@@H]3O[C@H](CO)[C@@H](O)[C@H](O)[C@H]3O)CC[C@]3(C)C(=CC(=O)[C@@H]4[C@@]5(C)CC[C@H](O)C(C)(C)[C@@H]5CC[C@]43C)[C@@H]2C1. The normalized spacial score (nSPS) is 52.0. The van der Waals surface area contributed by atoms with E-state index in [1.807, 2.05) is 6.08 Å². The number of fused-ring (bicyclic) bond motifs is 7. The third-order valence-corrected chi connectivity index (χ3v) is 14.8. The first-order valence-corrected chi connectivity index (χ1v) is 17.2. The summed E-state index contributed by atoms with van der Waals surface area (Å²) >= 11 is 0. The molecule has 5 N–H and O–H groups in total. The minimum Gasteiger partial charge on any atom is -0.432 e. The Hall–Kier alpha value is -1.36. The zero-order valence-electron chi connectivity index (χ0n) is 28.2. The van der Waals surface area contributed by atoms with Crippen molar-refractivity contribution in [2.75, 3.05) is 6.61 Å². The Kier molecular flexibility index (Phi) is 7.88. The molecule has 45 heavy (non-hydrogen) atoms. The molecule has 0 spiro atoms. The monoisotopic (exact) mass is 632 g/mol. The van der Waals surface area contributed by atoms with Crippen LogP contribution in [0.2, 0.25) is 0 Å². The van der Waals surface area contributed by atoms with E-state index in [9.17, 15) is 35.1 Å². The molecule has 0 amide bonds. The van der Waals surface area contributed by atoms with Gasteiger partial charge in [-0.2, -0.15) is 0 Å². The highest BCUT2D eigenvalue weighted by Gasteiger charge is 2.71. The number of ether oxygens (including phenoxy) is 2. The summed E-state index contributed by atoms with van der Waals surface area (Å²) in [7, 11) is 0. The van der Waals surface area contributed by atoms with Crippen molar-refractivity contribution in [1.29, 1.82) is 0 Å². The van der Waals surface area contributed by atoms with Crippen molar-refractivity contribution in [3.63, 3.8) is 0 Å². The molecule has 5 fully saturated rings. The van der Waals surface area contributed by atoms with Crippen molar-refractivity contribution >= 4 is 11.8 Å². The van der Waals surface area contributed by atoms with Crippen LogP contribution < -0.4 is 0 Å². The van der Waals surface area contributed by atoms with Crippen molar-refractivity contribution in [2.24, 2.45) is 50.2 Å². The number of aliphatic hydroxyl groups is 5. The zero-order valence-corrected chi connectivity index (χ0v) is 28.2. The largest absolute Gasteiger partial charge is 0.432 e. The highest BCUT2D eigenvalue weighted by Crippen LogP contribution is 2.75. The number of ketones is 1. The van der Waals surface area contributed by atoms with Gasteiger partial charge >= 0.3 is 5.97 Å². The van der Waals surface area contributed by atoms with Gasteiger partial charge in [0.05, 0.1) is 18.1 Å². The maximum Gasteiger partial charge on any atom is 0.315 e. The molecule has 0 aromatic carbocycles. The van der Waals surface area contributed by atoms with E-state index in [2.05, 4.69) is 48.5 Å². The Morgan fingerprint density at radius 1 is 0.889 bits per heavy atom. The van der Waals surface area contributed by atoms with Gasteiger partial charge in [0.15, 0.2) is 5.78 Å². The molecule has 1 heterocycles. The first-order valence-electron chi connectivity index (χ1n) is 17.2. The van der Waals surface area contributed by atoms with Crippen molar-refractivity contribution in [1.82, 2.24) is 0 Å². The van der Waals surface area contributed by atoms with Gasteiger partial charge in [-0.15, -0.1) is 0 Å². The second-order valence-corrected chi connectivity index (χ2v) is 17.8. The standard InChI is InChI=1S/C36H56O9/c1-31(2)12-14-36(30(43)45-29-27(42)26(41)25(40)22(18-37)44-29)15-13-34(6)19(20(36)17-31)16-21(38)28-33(5)10-9-24(39)32(3,4)23(33)8-11-35(28,34)7/h16,20,22-29,37,39-42H,8-15,17-18H2,1-7H3/t20-,22+,23-,24-,25+,26-,27+,28+,29-,33-,34+,35+,36-/m0/s1. The van der Waals surface area contributed by atoms with Crippen molar-refractivity contribution in [3.8, 4) is 0 Å². The van der Waals surface area contributed by atoms with Crippen molar-refractivity contribution in [2.45, 2.75) is 143 Å². The van der Waals surface area contributed by atoms with Gasteiger partial charge in [-0.1, -0.05) is 54.0 Å². The lowest BCUT2D eigenvalue weighted by Gasteiger charge is -2.70. The molecule has 0 bridgehead atoms. The lowest BCUT2D eigenvalue weighted by atomic mass is 9.33. The van der Waals surface area contributed by atoms with E-state index in [1.165, 1.54) is 0 Å². The van der Waals surface area contributed by atoms with Crippen molar-refractivity contribution < 1.29 is 44.6 Å². The van der Waals surface area contributed by atoms with Crippen LogP contribution in [0.1, 0.15) is 106 Å². The fourth-order valence-electron chi connectivity index (χ4n) is 11.8. The molecule has 4 saturated carbocycles. The molecule has 1 aliphatic heterocycles. The number of carbonyl (C=O) groups excluding carboxylic acids is 2. The van der Waals surface area contributed by atoms with Gasteiger partial charge in [0.1, 0.15) is 24.4 Å². The van der Waals surface area contributed by atoms with E-state index in [4.69, 9.17) is 9.47 Å². The number of allylic oxidation sites excluding steroid dienone is 2. The van der Waals surface area contributed by atoms with Crippen LogP contribution in [0, 0.1) is 50.2 Å². The van der Waals surface area contributed by atoms with Crippen LogP contribution in [0.4, 0.5) is 0 Å². The number of aliphatic hydroxyl groups excluding tert-OH is 5. The zero-order chi connectivity index (χ0) is 33.1. The first-order chi connectivity index (χ1) is 20.8. The van der Waals surface area contributed by atoms with Gasteiger partial charge in [-0.25, -0.2) is 0 Å². The van der Waals surface area contributed by atoms with Crippen LogP contribution in [0.5, 0.6) is 0 Å². The summed E-state index contributed by atoms with van der Waals surface area (Å²) < 4.78 is 11.5. The van der Waals surface area contributed by atoms with Crippen molar-refractivity contribution in [3.05, 3.63) is 11.6 Å². The molecule has 13 atom stereocenters. The smallest absolute Gasteiger partial charge is 0.315 e. The third kappa shape index (κ3) is 4.53. The van der Waals surface area contributed by atoms with E-state index in [0.29, 0.717) is 32.1 Å². The molecule has 1 saturated heterocycles. The second-order valence-electron chi connectivity index (χ2n) is 17.8. The van der Waals surface area contributed by atoms with Crippen LogP contribution in [0.3, 0.4) is 0 Å². The van der Waals surface area contributed by atoms with Gasteiger partial charge in [-0.05, 0) is 103 Å². The van der Waals surface area contributed by atoms with E-state index < -0.39 is 48.7 Å². The Bertz CT molecular complexity index is 1260. The molecule has 6 aliphatic rings. The third-order valence-electron chi connectivity index (χ3n) is 14.8. The van der Waals surface area contributed by atoms with E-state index in [-0.39, 0.29) is 56.7 Å². The Morgan fingerprint density at radius 2 is 1.56 bits per heavy atom. The van der Waals surface area contributed by atoms with E-state index in [1.54, 1.807) is 0 Å². The average Bonchev–Trinajstić information content (AvgIpc) is 2.96. The Labute approximate surface area is 267 Å².